The Hall–Kier alpha value is -2.03. The van der Waals surface area contributed by atoms with Gasteiger partial charge in [0.15, 0.2) is 5.15 Å². The lowest BCUT2D eigenvalue weighted by Gasteiger charge is -2.31. The number of para-hydroxylation sites is 1. The molecule has 1 saturated heterocycles. The molecule has 3 heterocycles. The van der Waals surface area contributed by atoms with Crippen LogP contribution < -0.4 is 15.8 Å². The Balaban J connectivity index is 1.85. The average Bonchev–Trinajstić information content (AvgIpc) is 2.73. The molecule has 2 aromatic heterocycles. The lowest BCUT2D eigenvalue weighted by molar-refractivity contribution is 0.368. The Bertz CT molecular complexity index is 1110. The minimum Gasteiger partial charge on any atom is -0.374 e. The summed E-state index contributed by atoms with van der Waals surface area (Å²) in [7, 11) is 4.51. The molecule has 158 valence electrons. The second-order valence-electron chi connectivity index (χ2n) is 7.88. The molecule has 1 aliphatic heterocycles. The van der Waals surface area contributed by atoms with E-state index in [4.69, 9.17) is 4.98 Å². The van der Waals surface area contributed by atoms with Crippen molar-refractivity contribution in [1.82, 2.24) is 9.38 Å². The second kappa shape index (κ2) is 8.61. The van der Waals surface area contributed by atoms with E-state index in [1.165, 1.54) is 10.8 Å². The molecule has 0 radical (unpaired) electrons. The predicted octanol–water partition coefficient (Wildman–Crippen LogP) is 4.52. The third kappa shape index (κ3) is 4.36. The molecule has 5 nitrogen and oxygen atoms in total. The molecule has 0 spiro atoms. The van der Waals surface area contributed by atoms with Crippen LogP contribution >= 0.6 is 18.5 Å². The van der Waals surface area contributed by atoms with Crippen molar-refractivity contribution >= 4 is 35.6 Å². The zero-order valence-electron chi connectivity index (χ0n) is 17.0. The molecule has 30 heavy (non-hydrogen) atoms. The minimum absolute atomic E-state index is 0.158. The largest absolute Gasteiger partial charge is 0.374 e. The molecule has 0 saturated carbocycles. The monoisotopic (exact) mass is 444 g/mol. The van der Waals surface area contributed by atoms with Gasteiger partial charge in [0.2, 0.25) is 0 Å². The van der Waals surface area contributed by atoms with Gasteiger partial charge in [-0.3, -0.25) is 9.20 Å². The summed E-state index contributed by atoms with van der Waals surface area (Å²) in [6, 6.07) is 12.2. The number of aryl methyl sites for hydroxylation is 1. The van der Waals surface area contributed by atoms with E-state index in [0.717, 1.165) is 37.2 Å². The lowest BCUT2D eigenvalue weighted by Crippen LogP contribution is -2.32. The van der Waals surface area contributed by atoms with Crippen molar-refractivity contribution in [1.29, 1.82) is 0 Å². The van der Waals surface area contributed by atoms with E-state index in [-0.39, 0.29) is 5.56 Å². The van der Waals surface area contributed by atoms with Gasteiger partial charge in [0, 0.05) is 36.6 Å². The average molecular weight is 444 g/mol. The number of hydrogen-bond acceptors (Lipinski definition) is 4. The first-order chi connectivity index (χ1) is 14.3. The summed E-state index contributed by atoms with van der Waals surface area (Å²) in [6.45, 7) is 3.75. The van der Waals surface area contributed by atoms with Crippen molar-refractivity contribution in [3.05, 3.63) is 70.1 Å². The van der Waals surface area contributed by atoms with Gasteiger partial charge < -0.3 is 10.2 Å². The number of hydrogen-bond donors (Lipinski definition) is 1. The topological polar surface area (TPSA) is 49.6 Å². The van der Waals surface area contributed by atoms with E-state index in [0.29, 0.717) is 17.0 Å². The van der Waals surface area contributed by atoms with Gasteiger partial charge in [-0.15, -0.1) is 0 Å². The fraction of sp³-hybridized carbons (Fsp3) is 0.364. The number of alkyl halides is 1. The van der Waals surface area contributed by atoms with E-state index in [1.54, 1.807) is 18.3 Å². The van der Waals surface area contributed by atoms with Gasteiger partial charge in [0.25, 0.3) is 5.56 Å². The first kappa shape index (κ1) is 21.2. The lowest BCUT2D eigenvalue weighted by atomic mass is 10.1. The number of benzene rings is 1. The van der Waals surface area contributed by atoms with Crippen LogP contribution in [0.25, 0.3) is 5.65 Å². The number of anilines is 2. The van der Waals surface area contributed by atoms with Gasteiger partial charge in [-0.1, -0.05) is 42.7 Å². The summed E-state index contributed by atoms with van der Waals surface area (Å²) in [5.74, 6) is 0.666. The number of nitrogens with zero attached hydrogens (tertiary/aromatic N) is 3. The van der Waals surface area contributed by atoms with Gasteiger partial charge in [0.1, 0.15) is 11.5 Å². The zero-order chi connectivity index (χ0) is 21.3. The van der Waals surface area contributed by atoms with E-state index in [2.05, 4.69) is 28.7 Å². The van der Waals surface area contributed by atoms with E-state index in [1.807, 2.05) is 37.3 Å². The Morgan fingerprint density at radius 1 is 1.13 bits per heavy atom. The molecule has 3 atom stereocenters. The highest BCUT2D eigenvalue weighted by Crippen LogP contribution is 2.44. The predicted molar refractivity (Wildman–Crippen MR) is 128 cm³/mol. The van der Waals surface area contributed by atoms with E-state index in [9.17, 15) is 4.79 Å². The standard InChI is InChI=1S/C22H27FN4OP2/c1-15-8-3-4-10-17(15)24-20(22(23,29)30)16-9-7-13-27-19(28)14-18(25-21(16)27)26-11-5-2-6-12-26/h3-4,7-10,13-14,20,24H,2,5-6,11-12,29-30H2,1H3. The number of pyridine rings is 1. The van der Waals surface area contributed by atoms with E-state index >= 15 is 4.39 Å². The summed E-state index contributed by atoms with van der Waals surface area (Å²) < 4.78 is 16.9. The van der Waals surface area contributed by atoms with Gasteiger partial charge >= 0.3 is 0 Å². The molecule has 1 N–H and O–H groups in total. The molecule has 0 aliphatic carbocycles. The first-order valence-electron chi connectivity index (χ1n) is 10.2. The molecule has 1 fully saturated rings. The summed E-state index contributed by atoms with van der Waals surface area (Å²) in [4.78, 5) is 19.8. The zero-order valence-corrected chi connectivity index (χ0v) is 19.3. The highest BCUT2D eigenvalue weighted by molar-refractivity contribution is 7.39. The normalized spacial score (nSPS) is 15.9. The molecule has 3 aromatic rings. The van der Waals surface area contributed by atoms with Crippen molar-refractivity contribution in [2.45, 2.75) is 37.4 Å². The maximum atomic E-state index is 15.4. The Labute approximate surface area is 180 Å². The molecule has 0 bridgehead atoms. The van der Waals surface area contributed by atoms with Crippen LogP contribution in [-0.2, 0) is 0 Å². The number of rotatable bonds is 5. The van der Waals surface area contributed by atoms with Crippen LogP contribution in [0.15, 0.2) is 53.5 Å². The van der Waals surface area contributed by atoms with Crippen molar-refractivity contribution in [2.24, 2.45) is 0 Å². The van der Waals surface area contributed by atoms with Crippen LogP contribution in [-0.4, -0.2) is 27.6 Å². The molecule has 1 aromatic carbocycles. The highest BCUT2D eigenvalue weighted by atomic mass is 31.1. The van der Waals surface area contributed by atoms with Gasteiger partial charge in [0.05, 0.1) is 6.04 Å². The van der Waals surface area contributed by atoms with Gasteiger partial charge in [-0.05, 0) is 43.9 Å². The fourth-order valence-electron chi connectivity index (χ4n) is 3.96. The number of nitrogens with one attached hydrogen (secondary N) is 1. The molecule has 1 aliphatic rings. The van der Waals surface area contributed by atoms with Gasteiger partial charge in [-0.2, -0.15) is 0 Å². The molecular formula is C22H27FN4OP2. The number of aromatic nitrogens is 2. The maximum Gasteiger partial charge on any atom is 0.259 e. The molecule has 0 amide bonds. The number of piperidine rings is 1. The van der Waals surface area contributed by atoms with Gasteiger partial charge in [-0.25, -0.2) is 9.37 Å². The second-order valence-corrected chi connectivity index (χ2v) is 10.3. The third-order valence-corrected chi connectivity index (χ3v) is 6.25. The third-order valence-electron chi connectivity index (χ3n) is 5.59. The molecule has 8 heteroatoms. The Morgan fingerprint density at radius 3 is 2.57 bits per heavy atom. The van der Waals surface area contributed by atoms with Crippen molar-refractivity contribution < 1.29 is 4.39 Å². The van der Waals surface area contributed by atoms with Crippen LogP contribution in [0, 0.1) is 6.92 Å². The summed E-state index contributed by atoms with van der Waals surface area (Å²) in [6.07, 6.45) is 5.06. The SMILES string of the molecule is Cc1ccccc1NC(c1cccn2c(=O)cc(N3CCCCC3)nc12)C(F)(P)P. The maximum absolute atomic E-state index is 15.4. The molecule has 3 unspecified atom stereocenters. The van der Waals surface area contributed by atoms with Crippen LogP contribution in [0.2, 0.25) is 0 Å². The minimum atomic E-state index is -1.75. The molecular weight excluding hydrogens is 417 g/mol. The number of fused-ring (bicyclic) bond motifs is 1. The van der Waals surface area contributed by atoms with Crippen LogP contribution in [0.1, 0.15) is 36.4 Å². The summed E-state index contributed by atoms with van der Waals surface area (Å²) in [5, 5.41) is 1.58. The van der Waals surface area contributed by atoms with Crippen molar-refractivity contribution in [2.75, 3.05) is 23.3 Å². The Kier molecular flexibility index (Phi) is 6.09. The number of halogens is 1. The van der Waals surface area contributed by atoms with Crippen LogP contribution in [0.3, 0.4) is 0 Å². The summed E-state index contributed by atoms with van der Waals surface area (Å²) >= 11 is 0. The van der Waals surface area contributed by atoms with Crippen LogP contribution in [0.4, 0.5) is 15.9 Å². The highest BCUT2D eigenvalue weighted by Gasteiger charge is 2.33. The van der Waals surface area contributed by atoms with Crippen LogP contribution in [0.5, 0.6) is 0 Å². The van der Waals surface area contributed by atoms with E-state index < -0.39 is 11.2 Å². The van der Waals surface area contributed by atoms with Crippen molar-refractivity contribution in [3.63, 3.8) is 0 Å². The molecule has 4 rings (SSSR count). The summed E-state index contributed by atoms with van der Waals surface area (Å²) in [5.41, 5.74) is 2.80. The Morgan fingerprint density at radius 2 is 1.87 bits per heavy atom. The quantitative estimate of drug-likeness (QED) is 0.588. The van der Waals surface area contributed by atoms with Crippen molar-refractivity contribution in [3.8, 4) is 0 Å². The fourth-order valence-corrected chi connectivity index (χ4v) is 4.49. The first-order valence-corrected chi connectivity index (χ1v) is 11.4. The smallest absolute Gasteiger partial charge is 0.259 e.